The number of hydrogen-bond acceptors (Lipinski definition) is 1. The number of nitrogens with zero attached hydrogens (tertiary/aromatic N) is 2. The zero-order chi connectivity index (χ0) is 30.6. The average molecular weight is 666 g/mol. The van der Waals surface area contributed by atoms with Crippen LogP contribution >= 0.6 is 0 Å². The first-order chi connectivity index (χ1) is 17.9. The summed E-state index contributed by atoms with van der Waals surface area (Å²) in [4.78, 5) is 10.1. The molecule has 0 saturated carbocycles. The molecule has 0 aliphatic rings. The standard InChI is InChI=1S/2C15H26NSi.C4H10O.Fe.K/c2*1-11(2)13-9-8-10-14(12(3)4)15(13)16-17(5,6)7;1-3-5-4-2;;/h2*8-12H,1-7H3;3-4H2,1-2H3;;/q2*-1;;;+1. The first-order valence-electron chi connectivity index (χ1n) is 15.1. The Morgan fingerprint density at radius 2 is 0.756 bits per heavy atom. The van der Waals surface area contributed by atoms with Crippen molar-refractivity contribution in [2.24, 2.45) is 0 Å². The van der Waals surface area contributed by atoms with Crippen LogP contribution in [0, 0.1) is 0 Å². The Morgan fingerprint density at radius 3 is 0.878 bits per heavy atom. The number of benzene rings is 2. The molecule has 0 atom stereocenters. The van der Waals surface area contributed by atoms with Crippen molar-refractivity contribution < 1.29 is 73.2 Å². The fourth-order valence-corrected chi connectivity index (χ4v) is 6.01. The minimum absolute atomic E-state index is 0. The van der Waals surface area contributed by atoms with Gasteiger partial charge in [-0.2, -0.15) is 0 Å². The summed E-state index contributed by atoms with van der Waals surface area (Å²) in [5, 5.41) is 0. The van der Waals surface area contributed by atoms with E-state index in [1.807, 2.05) is 13.8 Å². The third-order valence-electron chi connectivity index (χ3n) is 5.99. The summed E-state index contributed by atoms with van der Waals surface area (Å²) in [6.45, 7) is 37.5. The molecule has 0 radical (unpaired) electrons. The molecule has 41 heavy (non-hydrogen) atoms. The number of hydrogen-bond donors (Lipinski definition) is 0. The van der Waals surface area contributed by atoms with Crippen LogP contribution in [0.3, 0.4) is 0 Å². The zero-order valence-electron chi connectivity index (χ0n) is 29.8. The molecule has 0 fully saturated rings. The minimum atomic E-state index is -1.43. The Bertz CT molecular complexity index is 838. The summed E-state index contributed by atoms with van der Waals surface area (Å²) >= 11 is 0. The Kier molecular flexibility index (Phi) is 24.9. The summed E-state index contributed by atoms with van der Waals surface area (Å²) in [7, 11) is -2.86. The van der Waals surface area contributed by atoms with Crippen molar-refractivity contribution >= 4 is 27.8 Å². The maximum absolute atomic E-state index is 5.07. The molecule has 0 unspecified atom stereocenters. The van der Waals surface area contributed by atoms with Gasteiger partial charge in [-0.3, -0.25) is 0 Å². The Morgan fingerprint density at radius 1 is 0.537 bits per heavy atom. The molecule has 7 heteroatoms. The van der Waals surface area contributed by atoms with Gasteiger partial charge < -0.3 is 14.7 Å². The van der Waals surface area contributed by atoms with Crippen molar-refractivity contribution in [2.45, 2.75) is 132 Å². The smallest absolute Gasteiger partial charge is 0.687 e. The van der Waals surface area contributed by atoms with E-state index in [0.717, 1.165) is 13.2 Å². The van der Waals surface area contributed by atoms with E-state index in [1.54, 1.807) is 0 Å². The van der Waals surface area contributed by atoms with E-state index >= 15 is 0 Å². The Balaban J connectivity index is -0.000000581. The van der Waals surface area contributed by atoms with Gasteiger partial charge in [0.15, 0.2) is 0 Å². The molecule has 0 bridgehead atoms. The second-order valence-corrected chi connectivity index (χ2v) is 22.7. The molecule has 2 aromatic rings. The van der Waals surface area contributed by atoms with Crippen LogP contribution < -0.4 is 51.4 Å². The van der Waals surface area contributed by atoms with Crippen molar-refractivity contribution in [1.82, 2.24) is 0 Å². The molecule has 0 aliphatic carbocycles. The molecule has 0 saturated heterocycles. The molecule has 0 aromatic heterocycles. The minimum Gasteiger partial charge on any atom is -0.687 e. The molecule has 232 valence electrons. The first kappa shape index (κ1) is 46.0. The molecule has 3 nitrogen and oxygen atoms in total. The molecule has 2 rings (SSSR count). The zero-order valence-corrected chi connectivity index (χ0v) is 36.1. The van der Waals surface area contributed by atoms with Gasteiger partial charge in [-0.25, -0.2) is 0 Å². The van der Waals surface area contributed by atoms with E-state index < -0.39 is 16.5 Å². The molecular weight excluding hydrogens is 604 g/mol. The van der Waals surface area contributed by atoms with Crippen LogP contribution in [0.2, 0.25) is 39.3 Å². The second kappa shape index (κ2) is 22.2. The van der Waals surface area contributed by atoms with Gasteiger partial charge in [0.1, 0.15) is 0 Å². The fourth-order valence-electron chi connectivity index (χ4n) is 4.16. The molecule has 0 amide bonds. The third kappa shape index (κ3) is 18.9. The SMILES string of the molecule is CC(C)c1cccc(C(C)C)c1[N-][Si](C)(C)C.CC(C)c1cccc(C(C)C)c1[N-][Si](C)(C)C.CCOCC.[Fe].[K+]. The molecule has 0 aliphatic heterocycles. The molecule has 0 N–H and O–H groups in total. The molecule has 0 heterocycles. The van der Waals surface area contributed by atoms with Gasteiger partial charge in [-0.15, -0.1) is 11.4 Å². The predicted octanol–water partition coefficient (Wildman–Crippen LogP) is 9.59. The van der Waals surface area contributed by atoms with Crippen LogP contribution in [-0.4, -0.2) is 29.7 Å². The van der Waals surface area contributed by atoms with Gasteiger partial charge in [0.05, 0.1) is 0 Å². The van der Waals surface area contributed by atoms with Crippen LogP contribution in [0.25, 0.3) is 9.96 Å². The molecule has 2 aromatic carbocycles. The van der Waals surface area contributed by atoms with E-state index in [1.165, 1.54) is 33.6 Å². The van der Waals surface area contributed by atoms with Gasteiger partial charge in [-0.1, -0.05) is 153 Å². The van der Waals surface area contributed by atoms with Crippen molar-refractivity contribution in [3.63, 3.8) is 0 Å². The topological polar surface area (TPSA) is 37.4 Å². The van der Waals surface area contributed by atoms with Crippen molar-refractivity contribution in [2.75, 3.05) is 13.2 Å². The van der Waals surface area contributed by atoms with E-state index in [4.69, 9.17) is 14.7 Å². The Labute approximate surface area is 311 Å². The number of ether oxygens (including phenoxy) is 1. The predicted molar refractivity (Wildman–Crippen MR) is 184 cm³/mol. The van der Waals surface area contributed by atoms with E-state index in [2.05, 4.69) is 131 Å². The van der Waals surface area contributed by atoms with E-state index in [9.17, 15) is 0 Å². The fraction of sp³-hybridized carbons (Fsp3) is 0.647. The molecular formula is C34H62FeKN2OSi2-. The normalized spacial score (nSPS) is 11.2. The first-order valence-corrected chi connectivity index (χ1v) is 22.0. The summed E-state index contributed by atoms with van der Waals surface area (Å²) in [6.07, 6.45) is 0. The van der Waals surface area contributed by atoms with Crippen LogP contribution in [0.4, 0.5) is 11.4 Å². The monoisotopic (exact) mass is 665 g/mol. The molecule has 0 spiro atoms. The van der Waals surface area contributed by atoms with Crippen LogP contribution in [-0.2, 0) is 21.8 Å². The van der Waals surface area contributed by atoms with Crippen molar-refractivity contribution in [3.05, 3.63) is 68.6 Å². The summed E-state index contributed by atoms with van der Waals surface area (Å²) < 4.78 is 4.83. The third-order valence-corrected chi connectivity index (χ3v) is 7.78. The maximum atomic E-state index is 5.07. The average Bonchev–Trinajstić information content (AvgIpc) is 2.78. The largest absolute Gasteiger partial charge is 1.00 e. The van der Waals surface area contributed by atoms with Gasteiger partial charge in [0, 0.05) is 30.3 Å². The van der Waals surface area contributed by atoms with Crippen LogP contribution in [0.15, 0.2) is 36.4 Å². The maximum Gasteiger partial charge on any atom is 1.00 e. The van der Waals surface area contributed by atoms with Crippen molar-refractivity contribution in [1.29, 1.82) is 0 Å². The summed E-state index contributed by atoms with van der Waals surface area (Å²) in [5.41, 5.74) is 8.16. The van der Waals surface area contributed by atoms with E-state index in [-0.39, 0.29) is 68.5 Å². The van der Waals surface area contributed by atoms with Gasteiger partial charge >= 0.3 is 51.4 Å². The van der Waals surface area contributed by atoms with E-state index in [0.29, 0.717) is 23.7 Å². The second-order valence-electron chi connectivity index (χ2n) is 13.5. The van der Waals surface area contributed by atoms with Crippen LogP contribution in [0.1, 0.15) is 115 Å². The number of rotatable bonds is 10. The quantitative estimate of drug-likeness (QED) is 0.233. The van der Waals surface area contributed by atoms with Crippen molar-refractivity contribution in [3.8, 4) is 0 Å². The van der Waals surface area contributed by atoms with Crippen LogP contribution in [0.5, 0.6) is 0 Å². The Hall–Kier alpha value is 0.590. The summed E-state index contributed by atoms with van der Waals surface area (Å²) in [6, 6.07) is 13.3. The van der Waals surface area contributed by atoms with Gasteiger partial charge in [-0.05, 0) is 54.0 Å². The van der Waals surface area contributed by atoms with Gasteiger partial charge in [0.2, 0.25) is 0 Å². The summed E-state index contributed by atoms with van der Waals surface area (Å²) in [5.74, 6) is 2.18. The van der Waals surface area contributed by atoms with Gasteiger partial charge in [0.25, 0.3) is 0 Å².